The summed E-state index contributed by atoms with van der Waals surface area (Å²) >= 11 is 3.42. The number of hydrogen-bond donors (Lipinski definition) is 1. The Morgan fingerprint density at radius 3 is 2.85 bits per heavy atom. The lowest BCUT2D eigenvalue weighted by Crippen LogP contribution is -1.89. The van der Waals surface area contributed by atoms with Crippen molar-refractivity contribution < 1.29 is 4.79 Å². The molecule has 2 aromatic rings. The van der Waals surface area contributed by atoms with E-state index in [1.54, 1.807) is 6.92 Å². The number of hydrogen-bond acceptors (Lipinski definition) is 1. The highest BCUT2D eigenvalue weighted by atomic mass is 79.9. The Morgan fingerprint density at radius 1 is 1.46 bits per heavy atom. The lowest BCUT2D eigenvalue weighted by atomic mass is 10.2. The van der Waals surface area contributed by atoms with Crippen molar-refractivity contribution in [3.63, 3.8) is 0 Å². The third-order valence-electron chi connectivity index (χ3n) is 1.98. The highest BCUT2D eigenvalue weighted by Crippen LogP contribution is 2.23. The summed E-state index contributed by atoms with van der Waals surface area (Å²) in [7, 11) is 0. The predicted molar refractivity (Wildman–Crippen MR) is 56.0 cm³/mol. The first kappa shape index (κ1) is 8.51. The minimum absolute atomic E-state index is 0.0584. The number of Topliss-reactive ketones (excluding diaryl/α,β-unsaturated/α-hetero) is 1. The van der Waals surface area contributed by atoms with E-state index in [-0.39, 0.29) is 5.78 Å². The number of rotatable bonds is 1. The molecule has 1 aromatic heterocycles. The van der Waals surface area contributed by atoms with E-state index in [0.717, 1.165) is 15.4 Å². The zero-order valence-electron chi connectivity index (χ0n) is 7.10. The van der Waals surface area contributed by atoms with Crippen LogP contribution in [0.5, 0.6) is 0 Å². The van der Waals surface area contributed by atoms with Gasteiger partial charge in [0.15, 0.2) is 5.78 Å². The molecular formula is C10H8BrNO. The second-order valence-corrected chi connectivity index (χ2v) is 3.80. The number of ketones is 1. The Hall–Kier alpha value is -1.09. The standard InChI is InChI=1S/C10H8BrNO/c1-6(13)9-5-7-3-2-4-8(11)10(7)12-9/h2-5,12H,1H3. The van der Waals surface area contributed by atoms with Crippen molar-refractivity contribution in [1.82, 2.24) is 4.98 Å². The van der Waals surface area contributed by atoms with E-state index in [1.165, 1.54) is 0 Å². The zero-order valence-corrected chi connectivity index (χ0v) is 8.68. The summed E-state index contributed by atoms with van der Waals surface area (Å²) in [4.78, 5) is 14.1. The number of fused-ring (bicyclic) bond motifs is 1. The second kappa shape index (κ2) is 3.00. The van der Waals surface area contributed by atoms with Gasteiger partial charge in [-0.25, -0.2) is 0 Å². The van der Waals surface area contributed by atoms with Gasteiger partial charge in [0.1, 0.15) is 0 Å². The number of halogens is 1. The fourth-order valence-electron chi connectivity index (χ4n) is 1.31. The van der Waals surface area contributed by atoms with Crippen LogP contribution in [0.4, 0.5) is 0 Å². The molecule has 0 aliphatic rings. The summed E-state index contributed by atoms with van der Waals surface area (Å²) in [6, 6.07) is 7.73. The molecule has 1 heterocycles. The summed E-state index contributed by atoms with van der Waals surface area (Å²) in [5.74, 6) is 0.0584. The quantitative estimate of drug-likeness (QED) is 0.760. The minimum Gasteiger partial charge on any atom is -0.351 e. The van der Waals surface area contributed by atoms with Crippen LogP contribution in [0.3, 0.4) is 0 Å². The highest BCUT2D eigenvalue weighted by molar-refractivity contribution is 9.10. The molecule has 13 heavy (non-hydrogen) atoms. The molecule has 0 spiro atoms. The molecule has 0 radical (unpaired) electrons. The van der Waals surface area contributed by atoms with Crippen LogP contribution in [0.1, 0.15) is 17.4 Å². The smallest absolute Gasteiger partial charge is 0.175 e. The Kier molecular flexibility index (Phi) is 1.96. The molecule has 0 bridgehead atoms. The van der Waals surface area contributed by atoms with Crippen molar-refractivity contribution in [2.24, 2.45) is 0 Å². The zero-order chi connectivity index (χ0) is 9.42. The van der Waals surface area contributed by atoms with Gasteiger partial charge in [0.05, 0.1) is 11.2 Å². The van der Waals surface area contributed by atoms with Gasteiger partial charge in [0.25, 0.3) is 0 Å². The molecule has 0 saturated heterocycles. The van der Waals surface area contributed by atoms with Crippen molar-refractivity contribution in [2.45, 2.75) is 6.92 Å². The molecule has 1 aromatic carbocycles. The first-order valence-electron chi connectivity index (χ1n) is 3.96. The van der Waals surface area contributed by atoms with Crippen LogP contribution < -0.4 is 0 Å². The van der Waals surface area contributed by atoms with Gasteiger partial charge in [0, 0.05) is 16.8 Å². The van der Waals surface area contributed by atoms with Gasteiger partial charge in [-0.2, -0.15) is 0 Å². The molecular weight excluding hydrogens is 230 g/mol. The molecule has 0 unspecified atom stereocenters. The number of carbonyl (C=O) groups is 1. The van der Waals surface area contributed by atoms with E-state index < -0.39 is 0 Å². The van der Waals surface area contributed by atoms with Crippen LogP contribution >= 0.6 is 15.9 Å². The monoisotopic (exact) mass is 237 g/mol. The lowest BCUT2D eigenvalue weighted by molar-refractivity contribution is 0.101. The molecule has 0 fully saturated rings. The van der Waals surface area contributed by atoms with E-state index in [4.69, 9.17) is 0 Å². The Balaban J connectivity index is 2.75. The Labute approximate surface area is 84.1 Å². The summed E-state index contributed by atoms with van der Waals surface area (Å²) in [5.41, 5.74) is 1.63. The maximum atomic E-state index is 11.1. The minimum atomic E-state index is 0.0584. The van der Waals surface area contributed by atoms with Crippen molar-refractivity contribution in [2.75, 3.05) is 0 Å². The van der Waals surface area contributed by atoms with Gasteiger partial charge in [-0.1, -0.05) is 12.1 Å². The van der Waals surface area contributed by atoms with Gasteiger partial charge >= 0.3 is 0 Å². The van der Waals surface area contributed by atoms with Gasteiger partial charge in [-0.15, -0.1) is 0 Å². The number of H-pyrrole nitrogens is 1. The van der Waals surface area contributed by atoms with E-state index in [9.17, 15) is 4.79 Å². The Bertz CT molecular complexity index is 473. The van der Waals surface area contributed by atoms with Crippen LogP contribution in [-0.2, 0) is 0 Å². The number of benzene rings is 1. The van der Waals surface area contributed by atoms with Gasteiger partial charge in [0.2, 0.25) is 0 Å². The first-order valence-corrected chi connectivity index (χ1v) is 4.76. The summed E-state index contributed by atoms with van der Waals surface area (Å²) in [6.07, 6.45) is 0. The third-order valence-corrected chi connectivity index (χ3v) is 2.65. The topological polar surface area (TPSA) is 32.9 Å². The second-order valence-electron chi connectivity index (χ2n) is 2.94. The molecule has 0 saturated carbocycles. The van der Waals surface area contributed by atoms with Crippen LogP contribution in [-0.4, -0.2) is 10.8 Å². The van der Waals surface area contributed by atoms with Crippen molar-refractivity contribution >= 4 is 32.6 Å². The number of nitrogens with one attached hydrogen (secondary N) is 1. The van der Waals surface area contributed by atoms with Gasteiger partial charge in [-0.3, -0.25) is 4.79 Å². The maximum absolute atomic E-state index is 11.1. The first-order chi connectivity index (χ1) is 6.18. The van der Waals surface area contributed by atoms with Crippen molar-refractivity contribution in [3.05, 3.63) is 34.4 Å². The van der Waals surface area contributed by atoms with Crippen LogP contribution in [0, 0.1) is 0 Å². The molecule has 0 aliphatic heterocycles. The van der Waals surface area contributed by atoms with Crippen LogP contribution in [0.25, 0.3) is 10.9 Å². The molecule has 0 amide bonds. The van der Waals surface area contributed by atoms with Gasteiger partial charge in [-0.05, 0) is 28.1 Å². The van der Waals surface area contributed by atoms with E-state index >= 15 is 0 Å². The fraction of sp³-hybridized carbons (Fsp3) is 0.100. The van der Waals surface area contributed by atoms with E-state index in [2.05, 4.69) is 20.9 Å². The Morgan fingerprint density at radius 2 is 2.23 bits per heavy atom. The summed E-state index contributed by atoms with van der Waals surface area (Å²) in [6.45, 7) is 1.55. The van der Waals surface area contributed by atoms with Crippen molar-refractivity contribution in [1.29, 1.82) is 0 Å². The SMILES string of the molecule is CC(=O)c1cc2cccc(Br)c2[nH]1. The molecule has 0 atom stereocenters. The van der Waals surface area contributed by atoms with Gasteiger partial charge < -0.3 is 4.98 Å². The predicted octanol–water partition coefficient (Wildman–Crippen LogP) is 3.13. The van der Waals surface area contributed by atoms with Crippen molar-refractivity contribution in [3.8, 4) is 0 Å². The molecule has 2 rings (SSSR count). The van der Waals surface area contributed by atoms with E-state index in [0.29, 0.717) is 5.69 Å². The molecule has 1 N–H and O–H groups in total. The molecule has 2 nitrogen and oxygen atoms in total. The molecule has 66 valence electrons. The maximum Gasteiger partial charge on any atom is 0.175 e. The van der Waals surface area contributed by atoms with E-state index in [1.807, 2.05) is 24.3 Å². The number of aromatic amines is 1. The largest absolute Gasteiger partial charge is 0.351 e. The fourth-order valence-corrected chi connectivity index (χ4v) is 1.79. The molecule has 3 heteroatoms. The number of aromatic nitrogens is 1. The number of para-hydroxylation sites is 1. The average Bonchev–Trinajstić information content (AvgIpc) is 2.49. The normalized spacial score (nSPS) is 10.6. The summed E-state index contributed by atoms with van der Waals surface area (Å²) in [5, 5.41) is 1.06. The average molecular weight is 238 g/mol. The molecule has 0 aliphatic carbocycles. The van der Waals surface area contributed by atoms with Crippen LogP contribution in [0.2, 0.25) is 0 Å². The lowest BCUT2D eigenvalue weighted by Gasteiger charge is -1.91. The summed E-state index contributed by atoms with van der Waals surface area (Å²) < 4.78 is 0.984. The highest BCUT2D eigenvalue weighted by Gasteiger charge is 2.05. The third kappa shape index (κ3) is 1.40. The number of carbonyl (C=O) groups excluding carboxylic acids is 1. The van der Waals surface area contributed by atoms with Crippen LogP contribution in [0.15, 0.2) is 28.7 Å².